The molecule has 20 heavy (non-hydrogen) atoms. The van der Waals surface area contributed by atoms with Crippen LogP contribution in [-0.2, 0) is 9.59 Å². The van der Waals surface area contributed by atoms with Crippen LogP contribution in [0.4, 0.5) is 0 Å². The van der Waals surface area contributed by atoms with Gasteiger partial charge in [-0.2, -0.15) is 0 Å². The zero-order valence-electron chi connectivity index (χ0n) is 12.0. The predicted octanol–water partition coefficient (Wildman–Crippen LogP) is -0.497. The predicted molar refractivity (Wildman–Crippen MR) is 77.3 cm³/mol. The third-order valence-corrected chi connectivity index (χ3v) is 3.99. The van der Waals surface area contributed by atoms with Gasteiger partial charge in [0, 0.05) is 24.9 Å². The summed E-state index contributed by atoms with van der Waals surface area (Å²) in [6.07, 6.45) is 4.50. The van der Waals surface area contributed by atoms with Gasteiger partial charge in [0.1, 0.15) is 0 Å². The highest BCUT2D eigenvalue weighted by molar-refractivity contribution is 5.83. The van der Waals surface area contributed by atoms with Crippen LogP contribution in [0.2, 0.25) is 0 Å². The van der Waals surface area contributed by atoms with Gasteiger partial charge in [0.15, 0.2) is 0 Å². The van der Waals surface area contributed by atoms with E-state index in [-0.39, 0.29) is 23.9 Å². The topological polar surface area (TPSA) is 82.3 Å². The first-order chi connectivity index (χ1) is 9.74. The molecule has 2 rings (SSSR count). The zero-order valence-corrected chi connectivity index (χ0v) is 12.0. The van der Waals surface area contributed by atoms with Crippen LogP contribution in [0.25, 0.3) is 0 Å². The van der Waals surface area contributed by atoms with Crippen LogP contribution in [0.15, 0.2) is 0 Å². The van der Waals surface area contributed by atoms with Crippen molar-refractivity contribution in [2.75, 3.05) is 26.2 Å². The Bertz CT molecular complexity index is 291. The third kappa shape index (κ3) is 5.46. The van der Waals surface area contributed by atoms with Crippen molar-refractivity contribution in [2.45, 2.75) is 50.6 Å². The van der Waals surface area contributed by atoms with Crippen LogP contribution in [-0.4, -0.2) is 50.1 Å². The number of amides is 2. The Labute approximate surface area is 120 Å². The minimum absolute atomic E-state index is 0.00244. The van der Waals surface area contributed by atoms with Gasteiger partial charge in [0.25, 0.3) is 0 Å². The molecule has 6 nitrogen and oxygen atoms in total. The summed E-state index contributed by atoms with van der Waals surface area (Å²) in [4.78, 5) is 23.6. The monoisotopic (exact) mass is 282 g/mol. The van der Waals surface area contributed by atoms with E-state index in [1.54, 1.807) is 0 Å². The molecule has 0 aliphatic carbocycles. The van der Waals surface area contributed by atoms with Crippen molar-refractivity contribution in [2.24, 2.45) is 0 Å². The van der Waals surface area contributed by atoms with Crippen LogP contribution in [0.5, 0.6) is 0 Å². The van der Waals surface area contributed by atoms with Gasteiger partial charge in [-0.05, 0) is 51.9 Å². The highest BCUT2D eigenvalue weighted by Gasteiger charge is 2.18. The van der Waals surface area contributed by atoms with Crippen molar-refractivity contribution in [3.8, 4) is 0 Å². The van der Waals surface area contributed by atoms with E-state index in [4.69, 9.17) is 0 Å². The average Bonchev–Trinajstić information content (AvgIpc) is 2.47. The first-order valence-electron chi connectivity index (χ1n) is 7.74. The second kappa shape index (κ2) is 8.21. The molecule has 0 aromatic rings. The molecule has 2 aliphatic rings. The second-order valence-corrected chi connectivity index (χ2v) is 5.68. The highest BCUT2D eigenvalue weighted by Crippen LogP contribution is 2.04. The lowest BCUT2D eigenvalue weighted by molar-refractivity contribution is -0.127. The Kier molecular flexibility index (Phi) is 6.26. The maximum atomic E-state index is 11.8. The van der Waals surface area contributed by atoms with Gasteiger partial charge in [-0.25, -0.2) is 0 Å². The molecule has 2 saturated heterocycles. The van der Waals surface area contributed by atoms with E-state index in [9.17, 15) is 9.59 Å². The molecule has 6 heteroatoms. The van der Waals surface area contributed by atoms with Crippen molar-refractivity contribution in [1.29, 1.82) is 0 Å². The molecule has 0 atom stereocenters. The van der Waals surface area contributed by atoms with E-state index >= 15 is 0 Å². The molecule has 0 aromatic carbocycles. The Morgan fingerprint density at radius 2 is 1.10 bits per heavy atom. The Balaban J connectivity index is 1.58. The summed E-state index contributed by atoms with van der Waals surface area (Å²) in [6.45, 7) is 3.84. The average molecular weight is 282 g/mol. The first-order valence-corrected chi connectivity index (χ1v) is 7.74. The number of carbonyl (C=O) groups excluding carboxylic acids is 2. The summed E-state index contributed by atoms with van der Waals surface area (Å²) in [5, 5.41) is 12.5. The maximum Gasteiger partial charge on any atom is 0.220 e. The Morgan fingerprint density at radius 3 is 1.45 bits per heavy atom. The minimum atomic E-state index is -0.00244. The molecule has 2 amide bonds. The van der Waals surface area contributed by atoms with Crippen LogP contribution < -0.4 is 21.3 Å². The van der Waals surface area contributed by atoms with Crippen molar-refractivity contribution < 1.29 is 9.59 Å². The Morgan fingerprint density at radius 1 is 0.750 bits per heavy atom. The van der Waals surface area contributed by atoms with Gasteiger partial charge in [-0.3, -0.25) is 9.59 Å². The summed E-state index contributed by atoms with van der Waals surface area (Å²) in [7, 11) is 0. The fourth-order valence-electron chi connectivity index (χ4n) is 2.76. The largest absolute Gasteiger partial charge is 0.353 e. The van der Waals surface area contributed by atoms with Crippen molar-refractivity contribution in [1.82, 2.24) is 21.3 Å². The normalized spacial score (nSPS) is 21.4. The van der Waals surface area contributed by atoms with Gasteiger partial charge in [0.05, 0.1) is 0 Å². The molecule has 2 heterocycles. The van der Waals surface area contributed by atoms with E-state index in [1.165, 1.54) is 0 Å². The third-order valence-electron chi connectivity index (χ3n) is 3.99. The summed E-state index contributed by atoms with van der Waals surface area (Å²) in [5.74, 6) is -0.00489. The molecule has 4 N–H and O–H groups in total. The molecule has 2 aliphatic heterocycles. The first kappa shape index (κ1) is 15.3. The number of rotatable bonds is 5. The van der Waals surface area contributed by atoms with E-state index in [0.717, 1.165) is 51.9 Å². The van der Waals surface area contributed by atoms with Gasteiger partial charge in [-0.1, -0.05) is 0 Å². The van der Waals surface area contributed by atoms with E-state index < -0.39 is 0 Å². The summed E-state index contributed by atoms with van der Waals surface area (Å²) in [6, 6.07) is 0.549. The molecule has 0 bridgehead atoms. The SMILES string of the molecule is O=C(CCC(=O)NC1CCNCC1)NC1CCNCC1. The number of hydrogen-bond donors (Lipinski definition) is 4. The van der Waals surface area contributed by atoms with Crippen LogP contribution >= 0.6 is 0 Å². The number of carbonyl (C=O) groups is 2. The van der Waals surface area contributed by atoms with Crippen LogP contribution in [0, 0.1) is 0 Å². The van der Waals surface area contributed by atoms with Gasteiger partial charge < -0.3 is 21.3 Å². The fraction of sp³-hybridized carbons (Fsp3) is 0.857. The molecule has 0 unspecified atom stereocenters. The number of hydrogen-bond acceptors (Lipinski definition) is 4. The Hall–Kier alpha value is -1.14. The van der Waals surface area contributed by atoms with Gasteiger partial charge in [0.2, 0.25) is 11.8 Å². The molecule has 0 radical (unpaired) electrons. The summed E-state index contributed by atoms with van der Waals surface area (Å²) in [5.41, 5.74) is 0. The lowest BCUT2D eigenvalue weighted by Crippen LogP contribution is -2.44. The molecule has 0 aromatic heterocycles. The number of nitrogens with one attached hydrogen (secondary N) is 4. The maximum absolute atomic E-state index is 11.8. The molecular weight excluding hydrogens is 256 g/mol. The molecule has 0 spiro atoms. The van der Waals surface area contributed by atoms with Crippen molar-refractivity contribution >= 4 is 11.8 Å². The zero-order chi connectivity index (χ0) is 14.2. The van der Waals surface area contributed by atoms with E-state index in [0.29, 0.717) is 12.8 Å². The van der Waals surface area contributed by atoms with Crippen LogP contribution in [0.3, 0.4) is 0 Å². The second-order valence-electron chi connectivity index (χ2n) is 5.68. The van der Waals surface area contributed by atoms with Gasteiger partial charge in [-0.15, -0.1) is 0 Å². The van der Waals surface area contributed by atoms with Crippen LogP contribution in [0.1, 0.15) is 38.5 Å². The standard InChI is InChI=1S/C14H26N4O2/c19-13(17-11-3-7-15-8-4-11)1-2-14(20)18-12-5-9-16-10-6-12/h11-12,15-16H,1-10H2,(H,17,19)(H,18,20). The van der Waals surface area contributed by atoms with E-state index in [2.05, 4.69) is 21.3 Å². The van der Waals surface area contributed by atoms with Crippen molar-refractivity contribution in [3.05, 3.63) is 0 Å². The summed E-state index contributed by atoms with van der Waals surface area (Å²) < 4.78 is 0. The van der Waals surface area contributed by atoms with Gasteiger partial charge >= 0.3 is 0 Å². The quantitative estimate of drug-likeness (QED) is 0.548. The van der Waals surface area contributed by atoms with Crippen molar-refractivity contribution in [3.63, 3.8) is 0 Å². The molecule has 2 fully saturated rings. The van der Waals surface area contributed by atoms with E-state index in [1.807, 2.05) is 0 Å². The highest BCUT2D eigenvalue weighted by atomic mass is 16.2. The summed E-state index contributed by atoms with van der Waals surface area (Å²) >= 11 is 0. The molecule has 114 valence electrons. The lowest BCUT2D eigenvalue weighted by Gasteiger charge is -2.24. The lowest BCUT2D eigenvalue weighted by atomic mass is 10.1. The molecular formula is C14H26N4O2. The minimum Gasteiger partial charge on any atom is -0.353 e. The number of piperidine rings is 2. The molecule has 0 saturated carbocycles. The fourth-order valence-corrected chi connectivity index (χ4v) is 2.76. The smallest absolute Gasteiger partial charge is 0.220 e.